The van der Waals surface area contributed by atoms with Gasteiger partial charge in [0.15, 0.2) is 5.65 Å². The van der Waals surface area contributed by atoms with Crippen LogP contribution in [0, 0.1) is 0 Å². The molecule has 0 fully saturated rings. The monoisotopic (exact) mass is 191 g/mol. The molecule has 0 aliphatic carbocycles. The number of fused-ring (bicyclic) bond motifs is 1. The first-order chi connectivity index (χ1) is 6.81. The van der Waals surface area contributed by atoms with Crippen LogP contribution in [-0.4, -0.2) is 21.1 Å². The Hall–Kier alpha value is -1.62. The number of nitrogens with zero attached hydrogens (tertiary/aromatic N) is 3. The first-order valence-electron chi connectivity index (χ1n) is 4.60. The fraction of sp³-hybridized carbons (Fsp3) is 0.333. The summed E-state index contributed by atoms with van der Waals surface area (Å²) in [6.07, 6.45) is 3.63. The molecule has 0 unspecified atom stereocenters. The molecule has 0 amide bonds. The Bertz CT molecular complexity index is 434. The first kappa shape index (κ1) is 8.96. The third kappa shape index (κ3) is 1.54. The molecule has 0 spiro atoms. The Balaban J connectivity index is 2.40. The van der Waals surface area contributed by atoms with Crippen molar-refractivity contribution >= 4 is 11.5 Å². The molecule has 0 saturated carbocycles. The molecule has 0 aliphatic rings. The second-order valence-electron chi connectivity index (χ2n) is 3.17. The highest BCUT2D eigenvalue weighted by atomic mass is 15.3. The van der Waals surface area contributed by atoms with Gasteiger partial charge in [0.05, 0.1) is 11.9 Å². The van der Waals surface area contributed by atoms with Crippen LogP contribution in [0.2, 0.25) is 0 Å². The van der Waals surface area contributed by atoms with E-state index in [1.165, 1.54) is 0 Å². The summed E-state index contributed by atoms with van der Waals surface area (Å²) in [5.41, 5.74) is 12.9. The molecule has 5 heteroatoms. The Morgan fingerprint density at radius 1 is 1.36 bits per heavy atom. The lowest BCUT2D eigenvalue weighted by molar-refractivity contribution is 0.771. The molecule has 2 heterocycles. The van der Waals surface area contributed by atoms with Crippen molar-refractivity contribution in [2.24, 2.45) is 5.73 Å². The van der Waals surface area contributed by atoms with Crippen LogP contribution in [0.15, 0.2) is 18.3 Å². The van der Waals surface area contributed by atoms with Crippen LogP contribution in [0.4, 0.5) is 5.82 Å². The highest BCUT2D eigenvalue weighted by molar-refractivity contribution is 5.43. The lowest BCUT2D eigenvalue weighted by atomic mass is 10.2. The molecule has 0 bridgehead atoms. The molecular formula is C9H13N5. The van der Waals surface area contributed by atoms with Crippen LogP contribution in [-0.2, 0) is 6.42 Å². The van der Waals surface area contributed by atoms with Gasteiger partial charge in [-0.25, -0.2) is 9.50 Å². The van der Waals surface area contributed by atoms with Crippen molar-refractivity contribution in [1.82, 2.24) is 14.6 Å². The molecule has 14 heavy (non-hydrogen) atoms. The van der Waals surface area contributed by atoms with Crippen LogP contribution >= 0.6 is 0 Å². The maximum absolute atomic E-state index is 5.60. The summed E-state index contributed by atoms with van der Waals surface area (Å²) in [6.45, 7) is 0.676. The largest absolute Gasteiger partial charge is 0.382 e. The number of hydrogen-bond acceptors (Lipinski definition) is 4. The topological polar surface area (TPSA) is 82.2 Å². The van der Waals surface area contributed by atoms with Gasteiger partial charge >= 0.3 is 0 Å². The van der Waals surface area contributed by atoms with E-state index in [4.69, 9.17) is 11.5 Å². The summed E-state index contributed by atoms with van der Waals surface area (Å²) >= 11 is 0. The van der Waals surface area contributed by atoms with Crippen LogP contribution in [0.3, 0.4) is 0 Å². The maximum atomic E-state index is 5.60. The van der Waals surface area contributed by atoms with Gasteiger partial charge in [0, 0.05) is 0 Å². The van der Waals surface area contributed by atoms with Crippen LogP contribution < -0.4 is 11.5 Å². The average Bonchev–Trinajstić information content (AvgIpc) is 2.57. The molecule has 0 aromatic carbocycles. The van der Waals surface area contributed by atoms with Gasteiger partial charge in [0.2, 0.25) is 0 Å². The van der Waals surface area contributed by atoms with Crippen LogP contribution in [0.5, 0.6) is 0 Å². The average molecular weight is 191 g/mol. The van der Waals surface area contributed by atoms with Gasteiger partial charge in [-0.3, -0.25) is 0 Å². The zero-order valence-corrected chi connectivity index (χ0v) is 7.85. The Kier molecular flexibility index (Phi) is 2.32. The van der Waals surface area contributed by atoms with E-state index in [1.807, 2.05) is 12.3 Å². The van der Waals surface area contributed by atoms with E-state index in [0.29, 0.717) is 12.4 Å². The van der Waals surface area contributed by atoms with E-state index < -0.39 is 0 Å². The number of hydrogen-bond donors (Lipinski definition) is 2. The molecular weight excluding hydrogens is 178 g/mol. The quantitative estimate of drug-likeness (QED) is 0.726. The fourth-order valence-electron chi connectivity index (χ4n) is 1.39. The van der Waals surface area contributed by atoms with Crippen molar-refractivity contribution in [2.45, 2.75) is 12.8 Å². The zero-order chi connectivity index (χ0) is 9.97. The molecule has 0 aliphatic heterocycles. The predicted octanol–water partition coefficient (Wildman–Crippen LogP) is 0.203. The number of imidazole rings is 1. The Labute approximate surface area is 81.7 Å². The lowest BCUT2D eigenvalue weighted by Crippen LogP contribution is -2.04. The number of anilines is 1. The third-order valence-corrected chi connectivity index (χ3v) is 2.09. The Morgan fingerprint density at radius 2 is 2.21 bits per heavy atom. The third-order valence-electron chi connectivity index (χ3n) is 2.09. The molecule has 0 atom stereocenters. The molecule has 2 aromatic rings. The number of aryl methyl sites for hydroxylation is 1. The number of aromatic nitrogens is 3. The van der Waals surface area contributed by atoms with E-state index in [2.05, 4.69) is 10.1 Å². The van der Waals surface area contributed by atoms with E-state index in [0.717, 1.165) is 24.2 Å². The number of rotatable bonds is 3. The zero-order valence-electron chi connectivity index (χ0n) is 7.85. The fourth-order valence-corrected chi connectivity index (χ4v) is 1.39. The standard InChI is InChI=1S/C9H13N5/c10-5-1-2-7-6-12-9-4-3-8(11)13-14(7)9/h3-4,6H,1-2,5,10H2,(H2,11,13). The van der Waals surface area contributed by atoms with Crippen molar-refractivity contribution in [3.05, 3.63) is 24.0 Å². The highest BCUT2D eigenvalue weighted by Crippen LogP contribution is 2.08. The van der Waals surface area contributed by atoms with Crippen molar-refractivity contribution in [2.75, 3.05) is 12.3 Å². The summed E-state index contributed by atoms with van der Waals surface area (Å²) in [4.78, 5) is 4.22. The van der Waals surface area contributed by atoms with Crippen molar-refractivity contribution in [1.29, 1.82) is 0 Å². The molecule has 5 nitrogen and oxygen atoms in total. The molecule has 0 saturated heterocycles. The second-order valence-corrected chi connectivity index (χ2v) is 3.17. The second kappa shape index (κ2) is 3.63. The van der Waals surface area contributed by atoms with E-state index >= 15 is 0 Å². The minimum absolute atomic E-state index is 0.504. The van der Waals surface area contributed by atoms with Crippen molar-refractivity contribution < 1.29 is 0 Å². The van der Waals surface area contributed by atoms with Crippen molar-refractivity contribution in [3.63, 3.8) is 0 Å². The molecule has 2 aromatic heterocycles. The molecule has 74 valence electrons. The number of nitrogen functional groups attached to an aromatic ring is 1. The summed E-state index contributed by atoms with van der Waals surface area (Å²) in [6, 6.07) is 3.60. The molecule has 2 rings (SSSR count). The van der Waals surface area contributed by atoms with Gasteiger partial charge in [-0.05, 0) is 31.5 Å². The summed E-state index contributed by atoms with van der Waals surface area (Å²) in [5, 5.41) is 4.18. The summed E-state index contributed by atoms with van der Waals surface area (Å²) < 4.78 is 1.77. The SMILES string of the molecule is NCCCc1cnc2ccc(N)nn12. The smallest absolute Gasteiger partial charge is 0.153 e. The molecule has 0 radical (unpaired) electrons. The first-order valence-corrected chi connectivity index (χ1v) is 4.60. The summed E-state index contributed by atoms with van der Waals surface area (Å²) in [5.74, 6) is 0.504. The minimum atomic E-state index is 0.504. The lowest BCUT2D eigenvalue weighted by Gasteiger charge is -1.99. The van der Waals surface area contributed by atoms with Gasteiger partial charge in [-0.1, -0.05) is 0 Å². The van der Waals surface area contributed by atoms with Gasteiger partial charge in [-0.2, -0.15) is 0 Å². The van der Waals surface area contributed by atoms with Gasteiger partial charge in [0.25, 0.3) is 0 Å². The van der Waals surface area contributed by atoms with E-state index in [1.54, 1.807) is 10.6 Å². The predicted molar refractivity (Wildman–Crippen MR) is 54.8 cm³/mol. The van der Waals surface area contributed by atoms with Crippen LogP contribution in [0.1, 0.15) is 12.1 Å². The highest BCUT2D eigenvalue weighted by Gasteiger charge is 2.03. The Morgan fingerprint density at radius 3 is 3.00 bits per heavy atom. The summed E-state index contributed by atoms with van der Waals surface area (Å²) in [7, 11) is 0. The van der Waals surface area contributed by atoms with Crippen LogP contribution in [0.25, 0.3) is 5.65 Å². The minimum Gasteiger partial charge on any atom is -0.382 e. The van der Waals surface area contributed by atoms with Gasteiger partial charge in [0.1, 0.15) is 5.82 Å². The van der Waals surface area contributed by atoms with E-state index in [9.17, 15) is 0 Å². The van der Waals surface area contributed by atoms with E-state index in [-0.39, 0.29) is 0 Å². The van der Waals surface area contributed by atoms with Gasteiger partial charge < -0.3 is 11.5 Å². The number of nitrogens with two attached hydrogens (primary N) is 2. The maximum Gasteiger partial charge on any atom is 0.153 e. The molecule has 4 N–H and O–H groups in total. The van der Waals surface area contributed by atoms with Crippen molar-refractivity contribution in [3.8, 4) is 0 Å². The van der Waals surface area contributed by atoms with Gasteiger partial charge in [-0.15, -0.1) is 5.10 Å². The normalized spacial score (nSPS) is 10.9.